The van der Waals surface area contributed by atoms with Gasteiger partial charge in [-0.2, -0.15) is 20.0 Å². The van der Waals surface area contributed by atoms with E-state index in [0.717, 1.165) is 19.1 Å². The lowest BCUT2D eigenvalue weighted by Crippen LogP contribution is -2.32. The maximum Gasteiger partial charge on any atom is 0.247 e. The number of hydrogen-bond donors (Lipinski definition) is 3. The van der Waals surface area contributed by atoms with E-state index in [4.69, 9.17) is 11.6 Å². The fourth-order valence-electron chi connectivity index (χ4n) is 3.46. The van der Waals surface area contributed by atoms with Gasteiger partial charge in [-0.3, -0.25) is 4.90 Å². The van der Waals surface area contributed by atoms with E-state index in [1.807, 2.05) is 11.9 Å². The number of carbonyl (C=O) groups is 1. The predicted octanol–water partition coefficient (Wildman–Crippen LogP) is 2.06. The molecule has 1 saturated carbocycles. The van der Waals surface area contributed by atoms with Crippen LogP contribution < -0.4 is 16.0 Å². The number of nitriles is 2. The van der Waals surface area contributed by atoms with E-state index in [9.17, 15) is 15.3 Å². The van der Waals surface area contributed by atoms with E-state index in [1.165, 1.54) is 10.7 Å². The Bertz CT molecular complexity index is 1290. The van der Waals surface area contributed by atoms with Crippen LogP contribution in [0, 0.1) is 22.7 Å². The van der Waals surface area contributed by atoms with Crippen molar-refractivity contribution >= 4 is 41.0 Å². The largest absolute Gasteiger partial charge is 0.364 e. The number of fused-ring (bicyclic) bond motifs is 1. The van der Waals surface area contributed by atoms with Crippen LogP contribution in [0.5, 0.6) is 0 Å². The van der Waals surface area contributed by atoms with Gasteiger partial charge in [0, 0.05) is 25.7 Å². The minimum absolute atomic E-state index is 0.202. The number of nitrogens with one attached hydrogen (secondary N) is 3. The molecule has 1 aromatic carbocycles. The molecule has 34 heavy (non-hydrogen) atoms. The van der Waals surface area contributed by atoms with Crippen molar-refractivity contribution in [1.29, 1.82) is 10.5 Å². The average molecular weight is 479 g/mol. The Balaban J connectivity index is 1.69. The molecule has 3 N–H and O–H groups in total. The van der Waals surface area contributed by atoms with Crippen LogP contribution in [0.3, 0.4) is 0 Å². The topological polar surface area (TPSA) is 147 Å². The molecule has 0 bridgehead atoms. The lowest BCUT2D eigenvalue weighted by atomic mass is 10.1. The van der Waals surface area contributed by atoms with E-state index < -0.39 is 0 Å². The number of nitrogens with zero attached hydrogens (tertiary/aromatic N) is 7. The number of aldehydes is 1. The zero-order valence-corrected chi connectivity index (χ0v) is 19.3. The Labute approximate surface area is 201 Å². The van der Waals surface area contributed by atoms with Gasteiger partial charge in [0.05, 0.1) is 35.1 Å². The van der Waals surface area contributed by atoms with Gasteiger partial charge in [-0.05, 0) is 37.6 Å². The summed E-state index contributed by atoms with van der Waals surface area (Å²) < 4.78 is 1.42. The second-order valence-corrected chi connectivity index (χ2v) is 8.31. The fourth-order valence-corrected chi connectivity index (χ4v) is 3.67. The van der Waals surface area contributed by atoms with E-state index in [-0.39, 0.29) is 18.2 Å². The van der Waals surface area contributed by atoms with Gasteiger partial charge in [-0.15, -0.1) is 5.10 Å². The van der Waals surface area contributed by atoms with Crippen molar-refractivity contribution in [2.45, 2.75) is 25.4 Å². The second kappa shape index (κ2) is 10.4. The summed E-state index contributed by atoms with van der Waals surface area (Å²) in [6.07, 6.45) is 4.36. The number of halogens is 1. The Morgan fingerprint density at radius 2 is 2.15 bits per heavy atom. The molecule has 0 atom stereocenters. The molecule has 0 amide bonds. The van der Waals surface area contributed by atoms with Gasteiger partial charge in [-0.25, -0.2) is 4.98 Å². The van der Waals surface area contributed by atoms with Gasteiger partial charge in [0.1, 0.15) is 12.4 Å². The average Bonchev–Trinajstić information content (AvgIpc) is 3.55. The Hall–Kier alpha value is -3.77. The van der Waals surface area contributed by atoms with Gasteiger partial charge in [0.15, 0.2) is 17.2 Å². The highest BCUT2D eigenvalue weighted by Gasteiger charge is 2.24. The number of carbonyl (C=O) groups excluding carboxylic acids is 1. The highest BCUT2D eigenvalue weighted by Crippen LogP contribution is 2.32. The molecule has 3 aromatic rings. The highest BCUT2D eigenvalue weighted by molar-refractivity contribution is 6.34. The third-order valence-corrected chi connectivity index (χ3v) is 5.77. The highest BCUT2D eigenvalue weighted by atomic mass is 35.5. The predicted molar refractivity (Wildman–Crippen MR) is 127 cm³/mol. The molecule has 2 heterocycles. The van der Waals surface area contributed by atoms with E-state index in [1.54, 1.807) is 12.1 Å². The van der Waals surface area contributed by atoms with Crippen LogP contribution in [0.4, 0.5) is 17.5 Å². The number of benzene rings is 1. The molecule has 0 unspecified atom stereocenters. The van der Waals surface area contributed by atoms with Crippen molar-refractivity contribution in [3.63, 3.8) is 0 Å². The van der Waals surface area contributed by atoms with Crippen molar-refractivity contribution in [2.75, 3.05) is 37.3 Å². The molecular weight excluding hydrogens is 456 g/mol. The quantitative estimate of drug-likeness (QED) is 0.350. The molecule has 1 fully saturated rings. The summed E-state index contributed by atoms with van der Waals surface area (Å²) in [6, 6.07) is 7.86. The first-order valence-electron chi connectivity index (χ1n) is 10.8. The first kappa shape index (κ1) is 23.4. The van der Waals surface area contributed by atoms with Crippen LogP contribution in [-0.2, 0) is 11.3 Å². The first-order chi connectivity index (χ1) is 16.6. The maximum atomic E-state index is 11.1. The van der Waals surface area contributed by atoms with Gasteiger partial charge >= 0.3 is 0 Å². The Kier molecular flexibility index (Phi) is 7.18. The zero-order chi connectivity index (χ0) is 24.1. The third kappa shape index (κ3) is 5.24. The van der Waals surface area contributed by atoms with Crippen molar-refractivity contribution in [3.8, 4) is 12.1 Å². The van der Waals surface area contributed by atoms with Gasteiger partial charge in [0.25, 0.3) is 0 Å². The molecule has 0 spiro atoms. The molecule has 1 aliphatic rings. The number of rotatable bonds is 11. The lowest BCUT2D eigenvalue weighted by molar-refractivity contribution is -0.109. The minimum Gasteiger partial charge on any atom is -0.364 e. The normalized spacial score (nSPS) is 13.0. The second-order valence-electron chi connectivity index (χ2n) is 7.93. The summed E-state index contributed by atoms with van der Waals surface area (Å²) in [4.78, 5) is 21.9. The molecule has 0 saturated heterocycles. The molecule has 0 aliphatic heterocycles. The molecule has 12 heteroatoms. The molecule has 11 nitrogen and oxygen atoms in total. The number of likely N-dealkylation sites (N-methyl/N-ethyl adjacent to an activating group) is 1. The first-order valence-corrected chi connectivity index (χ1v) is 11.2. The minimum atomic E-state index is 0.202. The standard InChI is InChI=1S/C22H23ClN10O/c1-26-4-5-32(6-7-34)13-15-8-14(10-24)9-18(19(15)23)29-22-30-20(28-16-2-3-16)21-27-12-17(11-25)33(21)31-22/h7-9,12,16,26H,2-6,13H2,1H3,(H2,28,29,30,31). The number of imidazole rings is 1. The monoisotopic (exact) mass is 478 g/mol. The van der Waals surface area contributed by atoms with Crippen LogP contribution in [0.1, 0.15) is 29.7 Å². The molecule has 2 aromatic heterocycles. The van der Waals surface area contributed by atoms with Gasteiger partial charge in [-0.1, -0.05) is 11.6 Å². The van der Waals surface area contributed by atoms with E-state index in [0.29, 0.717) is 59.0 Å². The maximum absolute atomic E-state index is 11.1. The number of anilines is 3. The summed E-state index contributed by atoms with van der Waals surface area (Å²) in [7, 11) is 1.84. The lowest BCUT2D eigenvalue weighted by Gasteiger charge is -2.21. The SMILES string of the molecule is CNCCN(CC=O)Cc1cc(C#N)cc(Nc2nc(NC3CC3)c3ncc(C#N)n3n2)c1Cl. The van der Waals surface area contributed by atoms with Crippen LogP contribution in [-0.4, -0.2) is 63.5 Å². The summed E-state index contributed by atoms with van der Waals surface area (Å²) in [5.74, 6) is 0.714. The summed E-state index contributed by atoms with van der Waals surface area (Å²) in [5, 5.41) is 33.3. The fraction of sp³-hybridized carbons (Fsp3) is 0.364. The van der Waals surface area contributed by atoms with Crippen LogP contribution in [0.15, 0.2) is 18.3 Å². The summed E-state index contributed by atoms with van der Waals surface area (Å²) >= 11 is 6.71. The number of aromatic nitrogens is 4. The molecular formula is C22H23ClN10O. The van der Waals surface area contributed by atoms with Gasteiger partial charge < -0.3 is 20.7 Å². The van der Waals surface area contributed by atoms with E-state index >= 15 is 0 Å². The Morgan fingerprint density at radius 3 is 2.82 bits per heavy atom. The van der Waals surface area contributed by atoms with Crippen molar-refractivity contribution in [1.82, 2.24) is 29.8 Å². The van der Waals surface area contributed by atoms with E-state index in [2.05, 4.69) is 43.2 Å². The summed E-state index contributed by atoms with van der Waals surface area (Å²) in [5.41, 5.74) is 2.27. The van der Waals surface area contributed by atoms with Crippen LogP contribution in [0.2, 0.25) is 5.02 Å². The van der Waals surface area contributed by atoms with Crippen molar-refractivity contribution in [2.24, 2.45) is 0 Å². The van der Waals surface area contributed by atoms with Crippen LogP contribution in [0.25, 0.3) is 5.65 Å². The molecule has 0 radical (unpaired) electrons. The zero-order valence-electron chi connectivity index (χ0n) is 18.5. The van der Waals surface area contributed by atoms with Gasteiger partial charge in [0.2, 0.25) is 5.95 Å². The Morgan fingerprint density at radius 1 is 1.32 bits per heavy atom. The summed E-state index contributed by atoms with van der Waals surface area (Å²) in [6.45, 7) is 1.97. The third-order valence-electron chi connectivity index (χ3n) is 5.32. The number of hydrogen-bond acceptors (Lipinski definition) is 10. The molecule has 1 aliphatic carbocycles. The van der Waals surface area contributed by atoms with Crippen LogP contribution >= 0.6 is 11.6 Å². The van der Waals surface area contributed by atoms with Crippen molar-refractivity contribution < 1.29 is 4.79 Å². The van der Waals surface area contributed by atoms with Crippen molar-refractivity contribution in [3.05, 3.63) is 40.2 Å². The molecule has 174 valence electrons. The molecule has 4 rings (SSSR count). The smallest absolute Gasteiger partial charge is 0.247 e.